The van der Waals surface area contributed by atoms with Gasteiger partial charge in [-0.05, 0) is 24.5 Å². The second kappa shape index (κ2) is 6.65. The molecule has 2 rings (SSSR count). The number of hydrogen-bond donors (Lipinski definition) is 2. The van der Waals surface area contributed by atoms with Gasteiger partial charge in [-0.3, -0.25) is 4.99 Å². The maximum atomic E-state index is 6.15. The van der Waals surface area contributed by atoms with Crippen LogP contribution in [0.1, 0.15) is 12.0 Å². The van der Waals surface area contributed by atoms with Gasteiger partial charge in [0.05, 0.1) is 12.6 Å². The molecule has 0 spiro atoms. The van der Waals surface area contributed by atoms with E-state index in [9.17, 15) is 0 Å². The minimum absolute atomic E-state index is 0.0817. The van der Waals surface area contributed by atoms with Crippen LogP contribution in [0, 0.1) is 0 Å². The molecule has 1 aromatic rings. The van der Waals surface area contributed by atoms with E-state index in [2.05, 4.69) is 16.4 Å². The topological polar surface area (TPSA) is 68.9 Å². The van der Waals surface area contributed by atoms with E-state index < -0.39 is 0 Å². The highest BCUT2D eigenvalue weighted by Gasteiger charge is 2.18. The van der Waals surface area contributed by atoms with Crippen LogP contribution in [0.2, 0.25) is 0 Å². The number of ether oxygens (including phenoxy) is 2. The van der Waals surface area contributed by atoms with E-state index in [4.69, 9.17) is 15.2 Å². The number of benzene rings is 1. The Hall–Kier alpha value is -1.43. The van der Waals surface area contributed by atoms with Crippen LogP contribution in [0.5, 0.6) is 0 Å². The highest BCUT2D eigenvalue weighted by Crippen LogP contribution is 2.21. The molecule has 19 heavy (non-hydrogen) atoms. The number of aliphatic imine (C=N–C) groups is 1. The van der Waals surface area contributed by atoms with Crippen molar-refractivity contribution in [3.8, 4) is 0 Å². The van der Waals surface area contributed by atoms with Gasteiger partial charge in [0.1, 0.15) is 5.84 Å². The van der Waals surface area contributed by atoms with Crippen molar-refractivity contribution in [2.45, 2.75) is 25.2 Å². The Bertz CT molecular complexity index is 444. The summed E-state index contributed by atoms with van der Waals surface area (Å²) in [6, 6.07) is 8.13. The number of rotatable bonds is 4. The lowest BCUT2D eigenvalue weighted by atomic mass is 10.1. The molecule has 5 heteroatoms. The molecule has 3 N–H and O–H groups in total. The van der Waals surface area contributed by atoms with Crippen molar-refractivity contribution in [1.82, 2.24) is 0 Å². The zero-order valence-corrected chi connectivity index (χ0v) is 11.4. The smallest absolute Gasteiger partial charge is 0.176 e. The van der Waals surface area contributed by atoms with Crippen LogP contribution >= 0.6 is 0 Å². The summed E-state index contributed by atoms with van der Waals surface area (Å²) >= 11 is 0. The largest absolute Gasteiger partial charge is 0.354 e. The first-order valence-corrected chi connectivity index (χ1v) is 6.45. The van der Waals surface area contributed by atoms with Gasteiger partial charge in [0.25, 0.3) is 0 Å². The zero-order chi connectivity index (χ0) is 13.7. The van der Waals surface area contributed by atoms with Gasteiger partial charge in [-0.2, -0.15) is 0 Å². The van der Waals surface area contributed by atoms with Crippen molar-refractivity contribution < 1.29 is 9.47 Å². The van der Waals surface area contributed by atoms with Crippen molar-refractivity contribution in [3.63, 3.8) is 0 Å². The van der Waals surface area contributed by atoms with E-state index >= 15 is 0 Å². The molecule has 0 unspecified atom stereocenters. The fourth-order valence-corrected chi connectivity index (χ4v) is 2.11. The quantitative estimate of drug-likeness (QED) is 0.805. The summed E-state index contributed by atoms with van der Waals surface area (Å²) in [5.74, 6) is 0.795. The normalized spacial score (nSPS) is 21.1. The monoisotopic (exact) mass is 263 g/mol. The highest BCUT2D eigenvalue weighted by atomic mass is 16.7. The first-order valence-electron chi connectivity index (χ1n) is 6.45. The first-order chi connectivity index (χ1) is 9.24. The van der Waals surface area contributed by atoms with Gasteiger partial charge >= 0.3 is 0 Å². The molecular formula is C14H21N3O2. The van der Waals surface area contributed by atoms with Gasteiger partial charge < -0.3 is 20.5 Å². The van der Waals surface area contributed by atoms with E-state index in [1.807, 2.05) is 18.2 Å². The minimum atomic E-state index is -0.333. The number of nitrogens with two attached hydrogens (primary N) is 1. The molecular weight excluding hydrogens is 242 g/mol. The molecule has 0 saturated heterocycles. The maximum Gasteiger partial charge on any atom is 0.176 e. The molecule has 5 nitrogen and oxygen atoms in total. The van der Waals surface area contributed by atoms with Crippen LogP contribution in [0.25, 0.3) is 0 Å². The van der Waals surface area contributed by atoms with Gasteiger partial charge in [0.15, 0.2) is 6.29 Å². The molecule has 104 valence electrons. The summed E-state index contributed by atoms with van der Waals surface area (Å²) in [7, 11) is 3.20. The standard InChI is InChI=1S/C14H21N3O2/c1-18-13(19-2)9-16-14-11(15)8-7-10-5-3-4-6-12(10)17-14/h3-6,11,13H,7-9,15H2,1-2H3,(H,16,17)/t11-/m0/s1. The number of aryl methyl sites for hydroxylation is 1. The SMILES string of the molecule is COC(CN=C1Nc2ccccc2CC[C@@H]1N)OC. The van der Waals surface area contributed by atoms with E-state index in [1.165, 1.54) is 5.56 Å². The number of methoxy groups -OCH3 is 2. The number of nitrogens with zero attached hydrogens (tertiary/aromatic N) is 1. The van der Waals surface area contributed by atoms with Gasteiger partial charge in [0.2, 0.25) is 0 Å². The number of hydrogen-bond acceptors (Lipinski definition) is 4. The molecule has 0 saturated carbocycles. The molecule has 1 heterocycles. The Balaban J connectivity index is 2.14. The van der Waals surface area contributed by atoms with E-state index in [0.717, 1.165) is 24.4 Å². The fraction of sp³-hybridized carbons (Fsp3) is 0.500. The Morgan fingerprint density at radius 2 is 2.11 bits per heavy atom. The molecule has 0 radical (unpaired) electrons. The van der Waals surface area contributed by atoms with Crippen LogP contribution in [0.15, 0.2) is 29.3 Å². The summed E-state index contributed by atoms with van der Waals surface area (Å²) in [6.45, 7) is 0.436. The summed E-state index contributed by atoms with van der Waals surface area (Å²) in [5.41, 5.74) is 8.51. The van der Waals surface area contributed by atoms with Gasteiger partial charge in [0, 0.05) is 19.9 Å². The van der Waals surface area contributed by atoms with Gasteiger partial charge in [-0.1, -0.05) is 18.2 Å². The highest BCUT2D eigenvalue weighted by molar-refractivity contribution is 6.00. The van der Waals surface area contributed by atoms with Crippen LogP contribution in [-0.4, -0.2) is 38.9 Å². The van der Waals surface area contributed by atoms with Crippen LogP contribution < -0.4 is 11.1 Å². The van der Waals surface area contributed by atoms with Gasteiger partial charge in [-0.25, -0.2) is 0 Å². The Morgan fingerprint density at radius 1 is 1.37 bits per heavy atom. The number of amidine groups is 1. The maximum absolute atomic E-state index is 6.15. The Kier molecular flexibility index (Phi) is 4.90. The lowest BCUT2D eigenvalue weighted by Crippen LogP contribution is -2.35. The summed E-state index contributed by atoms with van der Waals surface area (Å²) in [6.07, 6.45) is 1.51. The third-order valence-corrected chi connectivity index (χ3v) is 3.29. The second-order valence-corrected chi connectivity index (χ2v) is 4.55. The molecule has 0 amide bonds. The van der Waals surface area contributed by atoms with Crippen LogP contribution in [-0.2, 0) is 15.9 Å². The number of fused-ring (bicyclic) bond motifs is 1. The number of para-hydroxylation sites is 1. The summed E-state index contributed by atoms with van der Waals surface area (Å²) in [4.78, 5) is 4.50. The number of nitrogens with one attached hydrogen (secondary N) is 1. The molecule has 1 aromatic carbocycles. The third-order valence-electron chi connectivity index (χ3n) is 3.29. The second-order valence-electron chi connectivity index (χ2n) is 4.55. The molecule has 0 aliphatic carbocycles. The minimum Gasteiger partial charge on any atom is -0.354 e. The Labute approximate surface area is 113 Å². The third kappa shape index (κ3) is 3.53. The molecule has 0 aromatic heterocycles. The molecule has 0 fully saturated rings. The van der Waals surface area contributed by atoms with Crippen molar-refractivity contribution in [2.24, 2.45) is 10.7 Å². The molecule has 0 bridgehead atoms. The van der Waals surface area contributed by atoms with Crippen molar-refractivity contribution >= 4 is 11.5 Å². The van der Waals surface area contributed by atoms with Crippen LogP contribution in [0.3, 0.4) is 0 Å². The predicted octanol–water partition coefficient (Wildman–Crippen LogP) is 1.39. The molecule has 1 aliphatic heterocycles. The van der Waals surface area contributed by atoms with Gasteiger partial charge in [-0.15, -0.1) is 0 Å². The zero-order valence-electron chi connectivity index (χ0n) is 11.4. The summed E-state index contributed by atoms with van der Waals surface area (Å²) in [5, 5.41) is 3.33. The van der Waals surface area contributed by atoms with Crippen molar-refractivity contribution in [2.75, 3.05) is 26.1 Å². The lowest BCUT2D eigenvalue weighted by Gasteiger charge is -2.15. The van der Waals surface area contributed by atoms with E-state index in [0.29, 0.717) is 6.54 Å². The molecule has 1 atom stereocenters. The lowest BCUT2D eigenvalue weighted by molar-refractivity contribution is -0.0937. The average Bonchev–Trinajstić information content (AvgIpc) is 2.60. The average molecular weight is 263 g/mol. The molecule has 1 aliphatic rings. The fourth-order valence-electron chi connectivity index (χ4n) is 2.11. The van der Waals surface area contributed by atoms with Crippen LogP contribution in [0.4, 0.5) is 5.69 Å². The van der Waals surface area contributed by atoms with Crippen molar-refractivity contribution in [3.05, 3.63) is 29.8 Å². The number of anilines is 1. The van der Waals surface area contributed by atoms with E-state index in [1.54, 1.807) is 14.2 Å². The Morgan fingerprint density at radius 3 is 2.84 bits per heavy atom. The first kappa shape index (κ1) is 14.0. The van der Waals surface area contributed by atoms with E-state index in [-0.39, 0.29) is 12.3 Å². The predicted molar refractivity (Wildman–Crippen MR) is 76.5 cm³/mol. The summed E-state index contributed by atoms with van der Waals surface area (Å²) < 4.78 is 10.3. The van der Waals surface area contributed by atoms with Crippen molar-refractivity contribution in [1.29, 1.82) is 0 Å².